The summed E-state index contributed by atoms with van der Waals surface area (Å²) < 4.78 is 0. The second-order valence-electron chi connectivity index (χ2n) is 25.7. The van der Waals surface area contributed by atoms with Gasteiger partial charge in [0.15, 0.2) is 0 Å². The Morgan fingerprint density at radius 1 is 0.246 bits per heavy atom. The van der Waals surface area contributed by atoms with Crippen molar-refractivity contribution in [3.05, 3.63) is 57.6 Å². The molecule has 286 valence electrons. The van der Waals surface area contributed by atoms with E-state index in [0.29, 0.717) is 0 Å². The van der Waals surface area contributed by atoms with E-state index in [2.05, 4.69) is 24.3 Å². The fraction of sp³-hybridized carbons (Fsp3) is 0.0588. The third-order valence-electron chi connectivity index (χ3n) is 25.8. The van der Waals surface area contributed by atoms with Crippen LogP contribution in [0.1, 0.15) is 39.5 Å². The highest BCUT2D eigenvalue weighted by Crippen LogP contribution is 2.86. The highest BCUT2D eigenvalue weighted by atomic mass is 16.3. The molecule has 1 atom stereocenters. The third kappa shape index (κ3) is 1.30. The second-order valence-corrected chi connectivity index (χ2v) is 25.7. The van der Waals surface area contributed by atoms with Gasteiger partial charge in [-0.05, 0) is 331 Å². The van der Waals surface area contributed by atoms with Crippen LogP contribution in [0.2, 0.25) is 0 Å². The highest BCUT2D eigenvalue weighted by molar-refractivity contribution is 6.82. The lowest BCUT2D eigenvalue weighted by Gasteiger charge is -2.59. The van der Waals surface area contributed by atoms with Gasteiger partial charge in [-0.3, -0.25) is 0 Å². The van der Waals surface area contributed by atoms with Crippen LogP contribution in [0.25, 0.3) is 291 Å². The molecule has 1 N–H and O–H groups in total. The molecule has 5 aliphatic carbocycles. The zero-order valence-electron chi connectivity index (χ0n) is 35.0. The summed E-state index contributed by atoms with van der Waals surface area (Å²) in [6.07, 6.45) is 0.258. The molecule has 0 saturated heterocycles. The van der Waals surface area contributed by atoms with Crippen LogP contribution in [-0.2, 0) is 17.3 Å². The maximum Gasteiger partial charge on any atom is 0.0942 e. The Bertz CT molecular complexity index is 7180. The van der Waals surface area contributed by atoms with Crippen molar-refractivity contribution < 1.29 is 5.11 Å². The third-order valence-corrected chi connectivity index (χ3v) is 25.8. The molecule has 0 fully saturated rings. The Hall–Kier alpha value is -8.36. The molecule has 0 heterocycles. The van der Waals surface area contributed by atoms with E-state index in [1.54, 1.807) is 313 Å². The smallest absolute Gasteiger partial charge is 0.0942 e. The largest absolute Gasteiger partial charge is 0.387 e. The predicted octanol–water partition coefficient (Wildman–Crippen LogP) is 17.6. The summed E-state index contributed by atoms with van der Waals surface area (Å²) in [5, 5.41) is 102. The zero-order chi connectivity index (χ0) is 40.8. The van der Waals surface area contributed by atoms with Crippen LogP contribution in [0.4, 0.5) is 0 Å². The van der Waals surface area contributed by atoms with E-state index in [-0.39, 0.29) is 0 Å². The van der Waals surface area contributed by atoms with Gasteiger partial charge in [0.2, 0.25) is 0 Å². The number of aliphatic hydroxyl groups excluding tert-OH is 1. The molecule has 29 aromatic rings. The van der Waals surface area contributed by atoms with Crippen molar-refractivity contribution >= 4 is 291 Å². The van der Waals surface area contributed by atoms with Crippen molar-refractivity contribution in [3.63, 3.8) is 0 Å². The molecule has 34 rings (SSSR count). The normalized spacial score (nSPS) is 23.6. The van der Waals surface area contributed by atoms with Gasteiger partial charge in [0.05, 0.1) is 11.5 Å². The second kappa shape index (κ2) is 5.58. The summed E-state index contributed by atoms with van der Waals surface area (Å²) in [5.41, 5.74) is 7.84. The molecule has 0 saturated carbocycles. The van der Waals surface area contributed by atoms with E-state index in [0.717, 1.165) is 6.42 Å². The van der Waals surface area contributed by atoms with E-state index in [9.17, 15) is 5.11 Å². The Morgan fingerprint density at radius 3 is 0.667 bits per heavy atom. The Morgan fingerprint density at radius 2 is 0.435 bits per heavy atom. The Balaban J connectivity index is 1.21. The van der Waals surface area contributed by atoms with Crippen LogP contribution < -0.4 is 0 Å². The van der Waals surface area contributed by atoms with Gasteiger partial charge in [0, 0.05) is 5.41 Å². The maximum absolute atomic E-state index is 14.7. The van der Waals surface area contributed by atoms with E-state index in [1.165, 1.54) is 11.1 Å². The van der Waals surface area contributed by atoms with Gasteiger partial charge in [0.1, 0.15) is 0 Å². The quantitative estimate of drug-likeness (QED) is 0.151. The fourth-order valence-corrected chi connectivity index (χ4v) is 25.8. The first-order valence-corrected chi connectivity index (χ1v) is 25.9. The number of hydrogen-bond acceptors (Lipinski definition) is 1. The first-order valence-electron chi connectivity index (χ1n) is 25.9. The highest BCUT2D eigenvalue weighted by Gasteiger charge is 2.73. The minimum atomic E-state index is -0.682. The molecule has 0 amide bonds. The van der Waals surface area contributed by atoms with E-state index < -0.39 is 16.9 Å². The summed E-state index contributed by atoms with van der Waals surface area (Å²) in [6.45, 7) is 0. The fourth-order valence-electron chi connectivity index (χ4n) is 25.8. The standard InChI is InChI=1S/C68H8O/c69-66-7-4-2-1-3-6(7)5-67-62-54-46-36-26-18-10-8-9-12-16-14(10)22-30-24(16)34-28-20(12)21-13(9)17-15-11(8)19(18)27-33-23(15)31-25(17)35-29(21)39-38(28)50-44(34)52-42(30)48(40(46)32(22)26)56(62)58(52)64-60(50)61-51(39)45(35)53-43(31)49-41(33)47(37(27)36)55(54)63(67)57(49)59(53)65(61)68(64,66)67/h1-4,66,69H,5H2. The first kappa shape index (κ1) is 25.1. The predicted molar refractivity (Wildman–Crippen MR) is 289 cm³/mol. The molecular formula is C68H8O. The minimum absolute atomic E-state index is 0.452. The molecule has 1 heteroatoms. The molecule has 0 aromatic heterocycles. The van der Waals surface area contributed by atoms with Crippen LogP contribution in [0.3, 0.4) is 0 Å². The maximum atomic E-state index is 14.7. The lowest BCUT2D eigenvalue weighted by atomic mass is 9.42. The van der Waals surface area contributed by atoms with Gasteiger partial charge in [-0.25, -0.2) is 0 Å². The van der Waals surface area contributed by atoms with Crippen molar-refractivity contribution in [2.24, 2.45) is 0 Å². The lowest BCUT2D eigenvalue weighted by molar-refractivity contribution is 0.0530. The number of benzene rings is 19. The van der Waals surface area contributed by atoms with Crippen molar-refractivity contribution in [2.75, 3.05) is 0 Å². The van der Waals surface area contributed by atoms with Crippen molar-refractivity contribution in [1.82, 2.24) is 0 Å². The summed E-state index contributed by atoms with van der Waals surface area (Å²) in [7, 11) is 0. The molecule has 1 nitrogen and oxygen atoms in total. The molecule has 2 spiro atoms. The Labute approximate surface area is 375 Å². The molecule has 69 heavy (non-hydrogen) atoms. The molecule has 0 radical (unpaired) electrons. The molecular weight excluding hydrogens is 833 g/mol. The molecule has 29 aromatic carbocycles. The average Bonchev–Trinajstić information content (AvgIpc) is 4.41. The van der Waals surface area contributed by atoms with Crippen molar-refractivity contribution in [2.45, 2.75) is 23.4 Å². The lowest BCUT2D eigenvalue weighted by Crippen LogP contribution is -2.59. The van der Waals surface area contributed by atoms with Gasteiger partial charge >= 0.3 is 0 Å². The van der Waals surface area contributed by atoms with Gasteiger partial charge in [0.25, 0.3) is 0 Å². The van der Waals surface area contributed by atoms with E-state index >= 15 is 0 Å². The summed E-state index contributed by atoms with van der Waals surface area (Å²) in [6, 6.07) is 9.30. The van der Waals surface area contributed by atoms with Gasteiger partial charge in [-0.2, -0.15) is 0 Å². The first-order chi connectivity index (χ1) is 34.3. The summed E-state index contributed by atoms with van der Waals surface area (Å²) >= 11 is 0. The molecule has 5 aliphatic rings. The molecule has 0 bridgehead atoms. The average molecular weight is 841 g/mol. The summed E-state index contributed by atoms with van der Waals surface area (Å²) in [5.74, 6) is 0. The Kier molecular flexibility index (Phi) is 2.03. The topological polar surface area (TPSA) is 20.2 Å². The van der Waals surface area contributed by atoms with E-state index in [1.807, 2.05) is 0 Å². The van der Waals surface area contributed by atoms with Crippen molar-refractivity contribution in [3.8, 4) is 0 Å². The SMILES string of the molecule is OC1c2ccccc2CC23c4c5c6c7c8c9c(c%10c%11c2c2c4c4c%12c5c5c6c6c8c8c%13c9c9c%10c%10c%11c%11c2c2c4c4c%12c%12c5c5c6c8c6c8c%13c9c9c%10c%10c%11c2c2c4c4c%12c5c6c5c8c9c%10c2c45)C713. The number of rotatable bonds is 0. The number of fused-ring (bicyclic) bond motifs is 1. The molecule has 0 aliphatic heterocycles. The monoisotopic (exact) mass is 840 g/mol. The van der Waals surface area contributed by atoms with Gasteiger partial charge in [-0.15, -0.1) is 0 Å². The summed E-state index contributed by atoms with van der Waals surface area (Å²) in [4.78, 5) is 0. The van der Waals surface area contributed by atoms with Crippen LogP contribution >= 0.6 is 0 Å². The van der Waals surface area contributed by atoms with Crippen LogP contribution in [0.5, 0.6) is 0 Å². The van der Waals surface area contributed by atoms with Gasteiger partial charge in [-0.1, -0.05) is 24.3 Å². The minimum Gasteiger partial charge on any atom is -0.387 e. The molecule has 1 unspecified atom stereocenters. The van der Waals surface area contributed by atoms with E-state index in [4.69, 9.17) is 0 Å². The van der Waals surface area contributed by atoms with Gasteiger partial charge < -0.3 is 5.11 Å². The van der Waals surface area contributed by atoms with Crippen LogP contribution in [0, 0.1) is 0 Å². The number of aliphatic hydroxyl groups is 1. The van der Waals surface area contributed by atoms with Crippen molar-refractivity contribution in [1.29, 1.82) is 0 Å². The van der Waals surface area contributed by atoms with Crippen LogP contribution in [-0.4, -0.2) is 5.11 Å². The zero-order valence-corrected chi connectivity index (χ0v) is 35.0. The number of hydrogen-bond donors (Lipinski definition) is 1. The van der Waals surface area contributed by atoms with Crippen LogP contribution in [0.15, 0.2) is 24.3 Å².